The van der Waals surface area contributed by atoms with E-state index in [4.69, 9.17) is 0 Å². The molecule has 0 aromatic heterocycles. The number of aliphatic hydroxyl groups is 4. The molecule has 0 saturated carbocycles. The predicted molar refractivity (Wildman–Crippen MR) is 255 cm³/mol. The third-order valence-corrected chi connectivity index (χ3v) is 13.2. The molecule has 404 valence electrons. The van der Waals surface area contributed by atoms with Crippen LogP contribution in [0.2, 0.25) is 0 Å². The summed E-state index contributed by atoms with van der Waals surface area (Å²) in [6, 6.07) is -6.65. The maximum absolute atomic E-state index is 13.6. The smallest absolute Gasteiger partial charge is 0.326 e. The normalized spacial score (nSPS) is 21.3. The third kappa shape index (κ3) is 21.7. The summed E-state index contributed by atoms with van der Waals surface area (Å²) in [6.07, 6.45) is -0.640. The van der Waals surface area contributed by atoms with Gasteiger partial charge in [-0.3, -0.25) is 53.0 Å². The number of imide groups is 1. The van der Waals surface area contributed by atoms with Gasteiger partial charge in [0.15, 0.2) is 0 Å². The summed E-state index contributed by atoms with van der Waals surface area (Å²) in [6.45, 7) is 5.99. The molecule has 9 amide bonds. The van der Waals surface area contributed by atoms with Crippen LogP contribution in [0.4, 0.5) is 0 Å². The summed E-state index contributed by atoms with van der Waals surface area (Å²) in [7, 11) is 0. The Morgan fingerprint density at radius 1 is 0.690 bits per heavy atom. The molecule has 0 radical (unpaired) electrons. The van der Waals surface area contributed by atoms with E-state index >= 15 is 0 Å². The molecule has 2 aliphatic rings. The molecule has 2 heterocycles. The van der Waals surface area contributed by atoms with Crippen molar-refractivity contribution in [2.75, 3.05) is 58.2 Å². The molecule has 18 N–H and O–H groups in total. The lowest BCUT2D eigenvalue weighted by Gasteiger charge is -2.43. The highest BCUT2D eigenvalue weighted by atomic mass is 32.2. The maximum Gasteiger partial charge on any atom is 0.326 e. The van der Waals surface area contributed by atoms with Gasteiger partial charge in [0, 0.05) is 32.2 Å². The van der Waals surface area contributed by atoms with E-state index in [1.54, 1.807) is 18.7 Å². The van der Waals surface area contributed by atoms with Crippen LogP contribution in [0.15, 0.2) is 0 Å². The number of carboxylic acids is 1. The highest BCUT2D eigenvalue weighted by Crippen LogP contribution is 2.27. The van der Waals surface area contributed by atoms with Gasteiger partial charge >= 0.3 is 5.97 Å². The molecular weight excluding hydrogens is 955 g/mol. The fraction of sp³-hybridized carbons (Fsp3) is 0.773. The minimum atomic E-state index is -1.40. The van der Waals surface area contributed by atoms with Gasteiger partial charge in [-0.05, 0) is 77.2 Å². The van der Waals surface area contributed by atoms with Crippen LogP contribution in [0, 0.1) is 5.92 Å². The van der Waals surface area contributed by atoms with E-state index in [1.807, 2.05) is 0 Å². The molecule has 0 aromatic carbocycles. The van der Waals surface area contributed by atoms with E-state index in [1.165, 1.54) is 13.8 Å². The third-order valence-electron chi connectivity index (χ3n) is 11.9. The molecule has 0 aromatic rings. The molecule has 0 bridgehead atoms. The van der Waals surface area contributed by atoms with Gasteiger partial charge in [-0.25, -0.2) is 4.79 Å². The summed E-state index contributed by atoms with van der Waals surface area (Å²) in [4.78, 5) is 131. The quantitative estimate of drug-likeness (QED) is 0.0215. The number of likely N-dealkylation sites (tertiary alicyclic amines) is 2. The van der Waals surface area contributed by atoms with Gasteiger partial charge in [-0.2, -0.15) is 0 Å². The predicted octanol–water partition coefficient (Wildman–Crippen LogP) is -6.96. The van der Waals surface area contributed by atoms with Gasteiger partial charge < -0.3 is 74.2 Å². The van der Waals surface area contributed by atoms with Crippen molar-refractivity contribution in [2.24, 2.45) is 5.92 Å². The number of rotatable bonds is 33. The number of carbonyl (C=O) groups excluding carboxylic acids is 9. The average Bonchev–Trinajstić information content (AvgIpc) is 3.58. The van der Waals surface area contributed by atoms with E-state index in [0.29, 0.717) is 58.2 Å². The second kappa shape index (κ2) is 32.1. The molecule has 0 spiro atoms. The Labute approximate surface area is 417 Å². The van der Waals surface area contributed by atoms with Crippen molar-refractivity contribution < 1.29 is 84.9 Å². The molecule has 6 unspecified atom stereocenters. The summed E-state index contributed by atoms with van der Waals surface area (Å²) in [5.41, 5.74) is 7.55. The van der Waals surface area contributed by atoms with Crippen molar-refractivity contribution in [1.82, 2.24) is 47.0 Å². The first-order valence-electron chi connectivity index (χ1n) is 24.2. The number of carbonyl (C=O) groups is 10. The SMILES string of the molecule is CC(=O)NC(CSC1CC(=O)N(CCCCN2C[C@@H](O)[C@@H](O)[C@H](O)[C@H]2CO)C1=O)C(=O)NC(CCCC[NH3+])C(=O)NCC(=O)NCC(=O)NC(C)C(=O)NC(CCCC[NH3+])C(=O)NC(CC(C)C)C(=O)O. The number of hydrogen-bond donors (Lipinski definition) is 14. The van der Waals surface area contributed by atoms with Crippen molar-refractivity contribution in [3.05, 3.63) is 0 Å². The van der Waals surface area contributed by atoms with Crippen molar-refractivity contribution in [3.63, 3.8) is 0 Å². The van der Waals surface area contributed by atoms with E-state index in [0.717, 1.165) is 16.7 Å². The second-order valence-corrected chi connectivity index (χ2v) is 19.5. The van der Waals surface area contributed by atoms with Crippen molar-refractivity contribution in [2.45, 2.75) is 152 Å². The lowest BCUT2D eigenvalue weighted by Crippen LogP contribution is -2.62. The zero-order valence-corrected chi connectivity index (χ0v) is 42.1. The van der Waals surface area contributed by atoms with Gasteiger partial charge in [0.1, 0.15) is 42.4 Å². The van der Waals surface area contributed by atoms with Crippen molar-refractivity contribution >= 4 is 70.9 Å². The summed E-state index contributed by atoms with van der Waals surface area (Å²) < 4.78 is 0. The Balaban J connectivity index is 1.94. The summed E-state index contributed by atoms with van der Waals surface area (Å²) >= 11 is 0.983. The number of nitrogens with zero attached hydrogens (tertiary/aromatic N) is 2. The molecule has 0 aliphatic carbocycles. The van der Waals surface area contributed by atoms with E-state index in [-0.39, 0.29) is 50.4 Å². The molecule has 2 rings (SSSR count). The number of piperidine rings is 1. The number of amides is 9. The number of unbranched alkanes of at least 4 members (excludes halogenated alkanes) is 3. The van der Waals surface area contributed by atoms with E-state index in [9.17, 15) is 73.5 Å². The minimum absolute atomic E-state index is 0.0184. The van der Waals surface area contributed by atoms with Crippen molar-refractivity contribution in [1.29, 1.82) is 0 Å². The molecule has 2 fully saturated rings. The van der Waals surface area contributed by atoms with Crippen LogP contribution in [0.1, 0.15) is 91.9 Å². The summed E-state index contributed by atoms with van der Waals surface area (Å²) in [5.74, 6) is -7.41. The number of aliphatic carboxylic acids is 1. The molecule has 2 aliphatic heterocycles. The monoisotopic (exact) mass is 1030 g/mol. The molecule has 2 saturated heterocycles. The Hall–Kier alpha value is -5.03. The Morgan fingerprint density at radius 2 is 1.25 bits per heavy atom. The van der Waals surface area contributed by atoms with Gasteiger partial charge in [0.25, 0.3) is 0 Å². The number of carboxylic acid groups (broad SMARTS) is 1. The number of hydrogen-bond acceptors (Lipinski definition) is 16. The van der Waals surface area contributed by atoms with Gasteiger partial charge in [-0.1, -0.05) is 13.8 Å². The van der Waals surface area contributed by atoms with E-state index in [2.05, 4.69) is 48.7 Å². The molecule has 71 heavy (non-hydrogen) atoms. The van der Waals surface area contributed by atoms with E-state index < -0.39 is 139 Å². The number of thioether (sulfide) groups is 1. The largest absolute Gasteiger partial charge is 0.480 e. The zero-order valence-electron chi connectivity index (χ0n) is 41.3. The average molecular weight is 1030 g/mol. The Bertz CT molecular complexity index is 1820. The highest BCUT2D eigenvalue weighted by molar-refractivity contribution is 8.00. The van der Waals surface area contributed by atoms with Gasteiger partial charge in [-0.15, -0.1) is 11.8 Å². The fourth-order valence-corrected chi connectivity index (χ4v) is 9.08. The number of aliphatic hydroxyl groups excluding tert-OH is 4. The van der Waals surface area contributed by atoms with Crippen LogP contribution in [0.5, 0.6) is 0 Å². The van der Waals surface area contributed by atoms with Crippen LogP contribution in [0.3, 0.4) is 0 Å². The van der Waals surface area contributed by atoms with Crippen molar-refractivity contribution in [3.8, 4) is 0 Å². The lowest BCUT2D eigenvalue weighted by molar-refractivity contribution is -0.368. The number of quaternary nitrogens is 2. The summed E-state index contributed by atoms with van der Waals surface area (Å²) in [5, 5.41) is 66.0. The molecule has 26 nitrogen and oxygen atoms in total. The minimum Gasteiger partial charge on any atom is -0.480 e. The fourth-order valence-electron chi connectivity index (χ4n) is 7.89. The van der Waals surface area contributed by atoms with Gasteiger partial charge in [0.2, 0.25) is 53.2 Å². The highest BCUT2D eigenvalue weighted by Gasteiger charge is 2.42. The molecular formula is C44H79N11O15S+2. The maximum atomic E-state index is 13.6. The first kappa shape index (κ1) is 62.1. The second-order valence-electron chi connectivity index (χ2n) is 18.3. The van der Waals surface area contributed by atoms with Crippen LogP contribution < -0.4 is 48.7 Å². The Kier molecular flexibility index (Phi) is 28.1. The van der Waals surface area contributed by atoms with Crippen LogP contribution in [-0.4, -0.2) is 212 Å². The first-order chi connectivity index (χ1) is 33.5. The van der Waals surface area contributed by atoms with Crippen LogP contribution in [0.25, 0.3) is 0 Å². The standard InChI is InChI=1S/C44H77N11O15S/c1-24(2)17-29(44(69)70)53-41(66)28(12-6-8-14-46)51-39(64)25(3)49-35(60)20-47-34(59)19-48-40(65)27(11-5-7-13-45)52-42(67)30(50-26(4)57)23-71-33-18-36(61)55(43(33)68)16-10-9-15-54-21-32(58)38(63)37(62)31(54)22-56/h24-25,27-33,37-38,56,58,62-63H,5-23,45-46H2,1-4H3,(H,47,59)(H,48,65)(H,49,60)(H,50,57)(H,51,64)(H,52,67)(H,53,66)(H,69,70)/p+2/t25?,27?,28?,29?,30?,31-,32-,33?,37-,38-/m1/s1. The van der Waals surface area contributed by atoms with Crippen LogP contribution >= 0.6 is 11.8 Å². The first-order valence-corrected chi connectivity index (χ1v) is 25.3. The Morgan fingerprint density at radius 3 is 1.83 bits per heavy atom. The zero-order chi connectivity index (χ0) is 53.4. The lowest BCUT2D eigenvalue weighted by atomic mass is 9.94. The molecule has 10 atom stereocenters. The number of nitrogens with one attached hydrogen (secondary N) is 7. The number of β-amino-alcohol motifs (C(OH)–C–C–N with tert-alkyl or cyclic N) is 1. The molecule has 27 heteroatoms. The van der Waals surface area contributed by atoms with Gasteiger partial charge in [0.05, 0.1) is 50.2 Å². The topological polar surface area (TPSA) is 418 Å². The van der Waals surface area contributed by atoms with Crippen LogP contribution in [-0.2, 0) is 47.9 Å².